The summed E-state index contributed by atoms with van der Waals surface area (Å²) in [6.07, 6.45) is 2.05. The van der Waals surface area contributed by atoms with E-state index in [1.165, 1.54) is 0 Å². The van der Waals surface area contributed by atoms with Gasteiger partial charge in [0.05, 0.1) is 18.7 Å². The second-order valence-corrected chi connectivity index (χ2v) is 4.83. The molecule has 1 N–H and O–H groups in total. The van der Waals surface area contributed by atoms with E-state index in [0.717, 1.165) is 19.4 Å². The van der Waals surface area contributed by atoms with Crippen LogP contribution in [0.3, 0.4) is 0 Å². The predicted octanol–water partition coefficient (Wildman–Crippen LogP) is 0.601. The van der Waals surface area contributed by atoms with E-state index >= 15 is 0 Å². The van der Waals surface area contributed by atoms with Crippen LogP contribution in [0.1, 0.15) is 42.3 Å². The van der Waals surface area contributed by atoms with Gasteiger partial charge in [-0.3, -0.25) is 4.79 Å². The van der Waals surface area contributed by atoms with Crippen molar-refractivity contribution in [2.24, 2.45) is 0 Å². The van der Waals surface area contributed by atoms with Crippen LogP contribution in [0.4, 0.5) is 0 Å². The van der Waals surface area contributed by atoms with Gasteiger partial charge in [-0.25, -0.2) is 0 Å². The zero-order valence-electron chi connectivity index (χ0n) is 11.5. The van der Waals surface area contributed by atoms with Gasteiger partial charge in [-0.05, 0) is 26.3 Å². The number of rotatable bonds is 5. The summed E-state index contributed by atoms with van der Waals surface area (Å²) in [6.45, 7) is 3.32. The van der Waals surface area contributed by atoms with E-state index in [9.17, 15) is 4.79 Å². The molecule has 0 spiro atoms. The molecule has 2 heterocycles. The van der Waals surface area contributed by atoms with Gasteiger partial charge in [0.15, 0.2) is 0 Å². The van der Waals surface area contributed by atoms with Crippen molar-refractivity contribution >= 4 is 5.91 Å². The maximum absolute atomic E-state index is 12.2. The van der Waals surface area contributed by atoms with Crippen molar-refractivity contribution in [3.63, 3.8) is 0 Å². The van der Waals surface area contributed by atoms with Crippen LogP contribution in [0.25, 0.3) is 0 Å². The van der Waals surface area contributed by atoms with Gasteiger partial charge in [-0.2, -0.15) is 4.98 Å². The minimum Gasteiger partial charge on any atom is -0.383 e. The van der Waals surface area contributed by atoms with Crippen molar-refractivity contribution < 1.29 is 14.1 Å². The SMILES string of the molecule is COCC(C)N(C)C(=O)c1noc(C2CCCN2)n1. The molecule has 0 saturated carbocycles. The maximum atomic E-state index is 12.2. The van der Waals surface area contributed by atoms with Crippen molar-refractivity contribution in [2.45, 2.75) is 31.8 Å². The molecule has 1 fully saturated rings. The highest BCUT2D eigenvalue weighted by Crippen LogP contribution is 2.21. The summed E-state index contributed by atoms with van der Waals surface area (Å²) in [5, 5.41) is 7.02. The molecule has 1 saturated heterocycles. The fourth-order valence-electron chi connectivity index (χ4n) is 2.07. The zero-order valence-corrected chi connectivity index (χ0v) is 11.5. The van der Waals surface area contributed by atoms with Crippen molar-refractivity contribution in [1.82, 2.24) is 20.4 Å². The molecule has 19 heavy (non-hydrogen) atoms. The van der Waals surface area contributed by atoms with Crippen LogP contribution in [0, 0.1) is 0 Å². The average Bonchev–Trinajstić information content (AvgIpc) is 3.07. The van der Waals surface area contributed by atoms with Crippen LogP contribution in [0.15, 0.2) is 4.52 Å². The molecule has 1 amide bonds. The first-order valence-electron chi connectivity index (χ1n) is 6.46. The fourth-order valence-corrected chi connectivity index (χ4v) is 2.07. The predicted molar refractivity (Wildman–Crippen MR) is 67.7 cm³/mol. The third kappa shape index (κ3) is 3.10. The van der Waals surface area contributed by atoms with E-state index in [4.69, 9.17) is 9.26 Å². The minimum absolute atomic E-state index is 0.0379. The van der Waals surface area contributed by atoms with E-state index in [0.29, 0.717) is 12.5 Å². The topological polar surface area (TPSA) is 80.5 Å². The van der Waals surface area contributed by atoms with Crippen molar-refractivity contribution in [1.29, 1.82) is 0 Å². The van der Waals surface area contributed by atoms with Crippen LogP contribution in [0.5, 0.6) is 0 Å². The van der Waals surface area contributed by atoms with Crippen LogP contribution >= 0.6 is 0 Å². The van der Waals surface area contributed by atoms with E-state index in [1.807, 2.05) is 6.92 Å². The highest BCUT2D eigenvalue weighted by molar-refractivity contribution is 5.90. The summed E-state index contributed by atoms with van der Waals surface area (Å²) in [5.41, 5.74) is 0. The van der Waals surface area contributed by atoms with Crippen molar-refractivity contribution in [3.05, 3.63) is 11.7 Å². The summed E-state index contributed by atoms with van der Waals surface area (Å²) in [6, 6.07) is 0.0415. The lowest BCUT2D eigenvalue weighted by Gasteiger charge is -2.22. The first-order chi connectivity index (χ1) is 9.13. The summed E-state index contributed by atoms with van der Waals surface area (Å²) < 4.78 is 10.2. The maximum Gasteiger partial charge on any atom is 0.295 e. The summed E-state index contributed by atoms with van der Waals surface area (Å²) in [4.78, 5) is 17.9. The van der Waals surface area contributed by atoms with Gasteiger partial charge >= 0.3 is 0 Å². The lowest BCUT2D eigenvalue weighted by atomic mass is 10.2. The Morgan fingerprint density at radius 3 is 3.11 bits per heavy atom. The molecule has 2 unspecified atom stereocenters. The molecule has 7 nitrogen and oxygen atoms in total. The number of carbonyl (C=O) groups excluding carboxylic acids is 1. The number of methoxy groups -OCH3 is 1. The van der Waals surface area contributed by atoms with Crippen molar-refractivity contribution in [3.8, 4) is 0 Å². The molecule has 0 aromatic carbocycles. The van der Waals surface area contributed by atoms with E-state index < -0.39 is 0 Å². The number of hydrogen-bond donors (Lipinski definition) is 1. The Morgan fingerprint density at radius 1 is 1.68 bits per heavy atom. The smallest absolute Gasteiger partial charge is 0.295 e. The van der Waals surface area contributed by atoms with E-state index in [1.54, 1.807) is 19.1 Å². The minimum atomic E-state index is -0.252. The molecule has 0 radical (unpaired) electrons. The van der Waals surface area contributed by atoms with Crippen LogP contribution in [-0.2, 0) is 4.74 Å². The zero-order chi connectivity index (χ0) is 13.8. The Hall–Kier alpha value is -1.47. The second kappa shape index (κ2) is 6.12. The standard InChI is InChI=1S/C12H20N4O3/c1-8(7-18-3)16(2)12(17)10-14-11(19-15-10)9-5-4-6-13-9/h8-9,13H,4-7H2,1-3H3. The van der Waals surface area contributed by atoms with Gasteiger partial charge in [0.2, 0.25) is 5.89 Å². The Kier molecular flexibility index (Phi) is 4.49. The number of carbonyl (C=O) groups is 1. The average molecular weight is 268 g/mol. The lowest BCUT2D eigenvalue weighted by Crippen LogP contribution is -2.38. The number of amides is 1. The lowest BCUT2D eigenvalue weighted by molar-refractivity contribution is 0.0619. The van der Waals surface area contributed by atoms with Crippen LogP contribution in [0.2, 0.25) is 0 Å². The van der Waals surface area contributed by atoms with E-state index in [2.05, 4.69) is 15.5 Å². The highest BCUT2D eigenvalue weighted by Gasteiger charge is 2.26. The quantitative estimate of drug-likeness (QED) is 0.842. The summed E-state index contributed by atoms with van der Waals surface area (Å²) in [5.74, 6) is 0.348. The largest absolute Gasteiger partial charge is 0.383 e. The molecule has 1 aromatic heterocycles. The Bertz CT molecular complexity index is 428. The Labute approximate surface area is 112 Å². The van der Waals surface area contributed by atoms with Gasteiger partial charge in [0.1, 0.15) is 0 Å². The third-order valence-electron chi connectivity index (χ3n) is 3.38. The second-order valence-electron chi connectivity index (χ2n) is 4.83. The normalized spacial score (nSPS) is 20.5. The van der Waals surface area contributed by atoms with Gasteiger partial charge in [0, 0.05) is 14.2 Å². The van der Waals surface area contributed by atoms with Gasteiger partial charge in [-0.1, -0.05) is 5.16 Å². The molecule has 0 bridgehead atoms. The third-order valence-corrected chi connectivity index (χ3v) is 3.38. The molecule has 1 aliphatic rings. The molecule has 2 rings (SSSR count). The molecule has 2 atom stereocenters. The fraction of sp³-hybridized carbons (Fsp3) is 0.750. The molecular weight excluding hydrogens is 248 g/mol. The highest BCUT2D eigenvalue weighted by atomic mass is 16.5. The number of hydrogen-bond acceptors (Lipinski definition) is 6. The Morgan fingerprint density at radius 2 is 2.47 bits per heavy atom. The molecular formula is C12H20N4O3. The van der Waals surface area contributed by atoms with Gasteiger partial charge in [0.25, 0.3) is 11.7 Å². The number of ether oxygens (including phenoxy) is 1. The molecule has 7 heteroatoms. The van der Waals surface area contributed by atoms with E-state index in [-0.39, 0.29) is 23.8 Å². The number of aromatic nitrogens is 2. The van der Waals surface area contributed by atoms with Crippen LogP contribution < -0.4 is 5.32 Å². The van der Waals surface area contributed by atoms with Crippen LogP contribution in [-0.4, -0.2) is 54.3 Å². The number of nitrogens with zero attached hydrogens (tertiary/aromatic N) is 3. The number of nitrogens with one attached hydrogen (secondary N) is 1. The Balaban J connectivity index is 2.02. The molecule has 106 valence electrons. The first-order valence-corrected chi connectivity index (χ1v) is 6.46. The number of likely N-dealkylation sites (N-methyl/N-ethyl adjacent to an activating group) is 1. The van der Waals surface area contributed by atoms with Gasteiger partial charge < -0.3 is 19.5 Å². The molecule has 1 aromatic rings. The monoisotopic (exact) mass is 268 g/mol. The van der Waals surface area contributed by atoms with Crippen molar-refractivity contribution in [2.75, 3.05) is 27.3 Å². The molecule has 0 aliphatic carbocycles. The first kappa shape index (κ1) is 14.0. The molecule has 1 aliphatic heterocycles. The van der Waals surface area contributed by atoms with Gasteiger partial charge in [-0.15, -0.1) is 0 Å². The summed E-state index contributed by atoms with van der Waals surface area (Å²) in [7, 11) is 3.31. The summed E-state index contributed by atoms with van der Waals surface area (Å²) >= 11 is 0.